The van der Waals surface area contributed by atoms with Gasteiger partial charge in [-0.05, 0) is 31.6 Å². The Bertz CT molecular complexity index is 312. The molecule has 0 aliphatic heterocycles. The van der Waals surface area contributed by atoms with Crippen molar-refractivity contribution in [2.45, 2.75) is 13.8 Å². The van der Waals surface area contributed by atoms with Gasteiger partial charge in [-0.25, -0.2) is 9.97 Å². The molecule has 0 saturated heterocycles. The van der Waals surface area contributed by atoms with E-state index in [2.05, 4.69) is 9.97 Å². The first-order chi connectivity index (χ1) is 5.65. The third kappa shape index (κ3) is 1.76. The molecule has 1 aromatic heterocycles. The van der Waals surface area contributed by atoms with Crippen LogP contribution in [0.1, 0.15) is 17.1 Å². The number of nitrogens with zero attached hydrogens (tertiary/aromatic N) is 2. The lowest BCUT2D eigenvalue weighted by atomic mass is 10.2. The molecule has 0 radical (unpaired) electrons. The third-order valence-corrected chi connectivity index (χ3v) is 1.83. The van der Waals surface area contributed by atoms with Gasteiger partial charge in [-0.1, -0.05) is 0 Å². The van der Waals surface area contributed by atoms with Crippen molar-refractivity contribution >= 4 is 17.3 Å². The van der Waals surface area contributed by atoms with Crippen LogP contribution in [0.15, 0.2) is 6.20 Å². The van der Waals surface area contributed by atoms with Crippen LogP contribution in [-0.4, -0.2) is 22.1 Å². The number of hydrogen-bond acceptors (Lipinski definition) is 4. The summed E-state index contributed by atoms with van der Waals surface area (Å²) in [4.78, 5) is 8.20. The fourth-order valence-electron chi connectivity index (χ4n) is 0.834. The van der Waals surface area contributed by atoms with Gasteiger partial charge in [0.1, 0.15) is 11.5 Å². The zero-order valence-electron chi connectivity index (χ0n) is 7.29. The molecule has 0 spiro atoms. The third-order valence-electron chi connectivity index (χ3n) is 1.47. The minimum atomic E-state index is 0.415. The van der Waals surface area contributed by atoms with Crippen molar-refractivity contribution in [1.82, 2.24) is 9.97 Å². The van der Waals surface area contributed by atoms with Gasteiger partial charge in [0.05, 0.1) is 7.11 Å². The second-order valence-corrected chi connectivity index (χ2v) is 2.81. The summed E-state index contributed by atoms with van der Waals surface area (Å²) in [6.45, 7) is 3.72. The molecule has 0 aromatic carbocycles. The molecular weight excluding hydrogens is 172 g/mol. The lowest BCUT2D eigenvalue weighted by Gasteiger charge is -2.04. The quantitative estimate of drug-likeness (QED) is 0.615. The lowest BCUT2D eigenvalue weighted by Crippen LogP contribution is -2.07. The van der Waals surface area contributed by atoms with Gasteiger partial charge >= 0.3 is 0 Å². The molecule has 4 heteroatoms. The maximum absolute atomic E-state index is 4.96. The molecule has 3 nitrogen and oxygen atoms in total. The molecular formula is C8H10N2OS. The van der Waals surface area contributed by atoms with E-state index < -0.39 is 0 Å². The average molecular weight is 182 g/mol. The Morgan fingerprint density at radius 2 is 2.17 bits per heavy atom. The smallest absolute Gasteiger partial charge is 0.210 e. The van der Waals surface area contributed by atoms with E-state index in [1.807, 2.05) is 13.8 Å². The highest BCUT2D eigenvalue weighted by Crippen LogP contribution is 2.05. The Balaban J connectivity index is 3.13. The molecule has 1 aromatic rings. The first kappa shape index (κ1) is 9.06. The summed E-state index contributed by atoms with van der Waals surface area (Å²) < 4.78 is 4.91. The van der Waals surface area contributed by atoms with Crippen LogP contribution in [0.2, 0.25) is 0 Å². The SMILES string of the molecule is COC(=S)c1nc(C)ncc1C. The number of hydrogen-bond donors (Lipinski definition) is 0. The maximum Gasteiger partial charge on any atom is 0.210 e. The summed E-state index contributed by atoms with van der Waals surface area (Å²) in [5.41, 5.74) is 1.65. The molecule has 0 atom stereocenters. The summed E-state index contributed by atoms with van der Waals surface area (Å²) in [6.07, 6.45) is 1.74. The molecule has 12 heavy (non-hydrogen) atoms. The van der Waals surface area contributed by atoms with Crippen molar-refractivity contribution in [3.05, 3.63) is 23.3 Å². The predicted molar refractivity (Wildman–Crippen MR) is 50.2 cm³/mol. The first-order valence-electron chi connectivity index (χ1n) is 3.53. The van der Waals surface area contributed by atoms with Crippen LogP contribution in [-0.2, 0) is 4.74 Å². The first-order valence-corrected chi connectivity index (χ1v) is 3.94. The monoisotopic (exact) mass is 182 g/mol. The van der Waals surface area contributed by atoms with Crippen molar-refractivity contribution in [2.24, 2.45) is 0 Å². The van der Waals surface area contributed by atoms with Gasteiger partial charge in [-0.3, -0.25) is 0 Å². The van der Waals surface area contributed by atoms with E-state index in [0.717, 1.165) is 5.56 Å². The number of methoxy groups -OCH3 is 1. The molecule has 0 aliphatic rings. The summed E-state index contributed by atoms with van der Waals surface area (Å²) in [5.74, 6) is 0.704. The molecule has 1 heterocycles. The van der Waals surface area contributed by atoms with Gasteiger partial charge in [0.2, 0.25) is 5.05 Å². The summed E-state index contributed by atoms with van der Waals surface area (Å²) in [6, 6.07) is 0. The molecule has 0 aliphatic carbocycles. The predicted octanol–water partition coefficient (Wildman–Crippen LogP) is 1.42. The Morgan fingerprint density at radius 3 is 2.75 bits per heavy atom. The van der Waals surface area contributed by atoms with Crippen LogP contribution < -0.4 is 0 Å². The van der Waals surface area contributed by atoms with E-state index in [-0.39, 0.29) is 0 Å². The van der Waals surface area contributed by atoms with Crippen molar-refractivity contribution in [1.29, 1.82) is 0 Å². The molecule has 0 bridgehead atoms. The Hall–Kier alpha value is -1.03. The van der Waals surface area contributed by atoms with Crippen LogP contribution in [0.3, 0.4) is 0 Å². The Morgan fingerprint density at radius 1 is 1.50 bits per heavy atom. The van der Waals surface area contributed by atoms with Gasteiger partial charge in [0.15, 0.2) is 0 Å². The van der Waals surface area contributed by atoms with Crippen molar-refractivity contribution in [2.75, 3.05) is 7.11 Å². The zero-order valence-corrected chi connectivity index (χ0v) is 8.10. The number of thiocarbonyl (C=S) groups is 1. The van der Waals surface area contributed by atoms with E-state index in [9.17, 15) is 0 Å². The summed E-state index contributed by atoms with van der Waals surface area (Å²) in [5, 5.41) is 0.415. The minimum Gasteiger partial charge on any atom is -0.485 e. The van der Waals surface area contributed by atoms with Crippen LogP contribution >= 0.6 is 12.2 Å². The van der Waals surface area contributed by atoms with Gasteiger partial charge in [0, 0.05) is 6.20 Å². The fraction of sp³-hybridized carbons (Fsp3) is 0.375. The number of rotatable bonds is 1. The molecule has 0 unspecified atom stereocenters. The molecule has 0 N–H and O–H groups in total. The van der Waals surface area contributed by atoms with Crippen molar-refractivity contribution in [3.63, 3.8) is 0 Å². The van der Waals surface area contributed by atoms with E-state index >= 15 is 0 Å². The van der Waals surface area contributed by atoms with Gasteiger partial charge in [-0.15, -0.1) is 0 Å². The van der Waals surface area contributed by atoms with E-state index in [1.54, 1.807) is 13.3 Å². The van der Waals surface area contributed by atoms with E-state index in [0.29, 0.717) is 16.6 Å². The van der Waals surface area contributed by atoms with Crippen molar-refractivity contribution in [3.8, 4) is 0 Å². The van der Waals surface area contributed by atoms with Crippen molar-refractivity contribution < 1.29 is 4.74 Å². The molecule has 0 fully saturated rings. The van der Waals surface area contributed by atoms with Gasteiger partial charge < -0.3 is 4.74 Å². The number of ether oxygens (including phenoxy) is 1. The molecule has 1 rings (SSSR count). The highest BCUT2D eigenvalue weighted by molar-refractivity contribution is 7.80. The second-order valence-electron chi connectivity index (χ2n) is 2.44. The molecule has 0 saturated carbocycles. The number of aromatic nitrogens is 2. The van der Waals surface area contributed by atoms with Gasteiger partial charge in [0.25, 0.3) is 0 Å². The minimum absolute atomic E-state index is 0.415. The standard InChI is InChI=1S/C8H10N2OS/c1-5-4-9-6(2)10-7(5)8(12)11-3/h4H,1-3H3. The normalized spacial score (nSPS) is 9.58. The highest BCUT2D eigenvalue weighted by atomic mass is 32.1. The largest absolute Gasteiger partial charge is 0.485 e. The second kappa shape index (κ2) is 3.58. The summed E-state index contributed by atoms with van der Waals surface area (Å²) >= 11 is 4.96. The van der Waals surface area contributed by atoms with Crippen LogP contribution in [0, 0.1) is 13.8 Å². The zero-order chi connectivity index (χ0) is 9.14. The summed E-state index contributed by atoms with van der Waals surface area (Å²) in [7, 11) is 1.54. The van der Waals surface area contributed by atoms with Crippen LogP contribution in [0.4, 0.5) is 0 Å². The topological polar surface area (TPSA) is 35.0 Å². The molecule has 0 amide bonds. The average Bonchev–Trinajstić information content (AvgIpc) is 2.08. The Kier molecular flexibility index (Phi) is 2.70. The Labute approximate surface area is 76.8 Å². The maximum atomic E-state index is 4.96. The fourth-order valence-corrected chi connectivity index (χ4v) is 1.04. The number of aryl methyl sites for hydroxylation is 2. The van der Waals surface area contributed by atoms with Crippen LogP contribution in [0.5, 0.6) is 0 Å². The van der Waals surface area contributed by atoms with Crippen LogP contribution in [0.25, 0.3) is 0 Å². The van der Waals surface area contributed by atoms with E-state index in [1.165, 1.54) is 0 Å². The van der Waals surface area contributed by atoms with Gasteiger partial charge in [-0.2, -0.15) is 0 Å². The lowest BCUT2D eigenvalue weighted by molar-refractivity contribution is 0.414. The molecule has 64 valence electrons. The van der Waals surface area contributed by atoms with E-state index in [4.69, 9.17) is 17.0 Å². The highest BCUT2D eigenvalue weighted by Gasteiger charge is 2.06.